The second kappa shape index (κ2) is 10.7. The van der Waals surface area contributed by atoms with Gasteiger partial charge in [0, 0.05) is 17.3 Å². The van der Waals surface area contributed by atoms with Crippen molar-refractivity contribution < 1.29 is 4.74 Å². The molecule has 6 rings (SSSR count). The van der Waals surface area contributed by atoms with Crippen LogP contribution in [-0.4, -0.2) is 19.9 Å². The van der Waals surface area contributed by atoms with Crippen LogP contribution in [0.15, 0.2) is 107 Å². The molecule has 0 aliphatic rings. The first kappa shape index (κ1) is 23.6. The van der Waals surface area contributed by atoms with E-state index < -0.39 is 0 Å². The number of para-hydroxylation sites is 1. The Morgan fingerprint density at radius 1 is 0.842 bits per heavy atom. The molecule has 0 radical (unpaired) electrons. The van der Waals surface area contributed by atoms with E-state index >= 15 is 0 Å². The van der Waals surface area contributed by atoms with Crippen molar-refractivity contribution in [1.82, 2.24) is 19.9 Å². The van der Waals surface area contributed by atoms with Gasteiger partial charge in [0.2, 0.25) is 0 Å². The number of aromatic nitrogens is 4. The van der Waals surface area contributed by atoms with Gasteiger partial charge in [-0.1, -0.05) is 60.7 Å². The van der Waals surface area contributed by atoms with Crippen LogP contribution in [0, 0.1) is 0 Å². The summed E-state index contributed by atoms with van der Waals surface area (Å²) in [7, 11) is 0. The molecule has 3 aromatic carbocycles. The summed E-state index contributed by atoms with van der Waals surface area (Å²) in [4.78, 5) is 29.6. The number of hydrogen-bond donors (Lipinski definition) is 2. The minimum atomic E-state index is -0.242. The Kier molecular flexibility index (Phi) is 6.61. The summed E-state index contributed by atoms with van der Waals surface area (Å²) in [5.74, 6) is 1.12. The van der Waals surface area contributed by atoms with Crippen LogP contribution in [0.2, 0.25) is 0 Å². The summed E-state index contributed by atoms with van der Waals surface area (Å²) in [6, 6.07) is 29.8. The third-order valence-electron chi connectivity index (χ3n) is 6.00. The van der Waals surface area contributed by atoms with E-state index in [1.807, 2.05) is 78.2 Å². The summed E-state index contributed by atoms with van der Waals surface area (Å²) < 4.78 is 5.94. The zero-order chi connectivity index (χ0) is 25.7. The highest BCUT2D eigenvalue weighted by atomic mass is 32.1. The summed E-state index contributed by atoms with van der Waals surface area (Å²) >= 11 is 1.46. The fraction of sp³-hybridized carbons (Fsp3) is 0.0667. The average Bonchev–Trinajstić information content (AvgIpc) is 3.42. The van der Waals surface area contributed by atoms with Gasteiger partial charge in [0.05, 0.1) is 5.39 Å². The topological polar surface area (TPSA) is 92.8 Å². The van der Waals surface area contributed by atoms with Crippen molar-refractivity contribution in [1.29, 1.82) is 0 Å². The van der Waals surface area contributed by atoms with Crippen LogP contribution in [0.5, 0.6) is 5.75 Å². The lowest BCUT2D eigenvalue weighted by molar-refractivity contribution is 0.296. The molecule has 3 heterocycles. The van der Waals surface area contributed by atoms with Crippen LogP contribution in [-0.2, 0) is 13.0 Å². The van der Waals surface area contributed by atoms with E-state index in [1.54, 1.807) is 12.3 Å². The number of nitrogens with one attached hydrogen (secondary N) is 2. The van der Waals surface area contributed by atoms with Gasteiger partial charge in [0.15, 0.2) is 5.13 Å². The Labute approximate surface area is 222 Å². The predicted octanol–water partition coefficient (Wildman–Crippen LogP) is 6.36. The van der Waals surface area contributed by atoms with Crippen molar-refractivity contribution in [3.05, 3.63) is 130 Å². The van der Waals surface area contributed by atoms with E-state index in [0.29, 0.717) is 33.9 Å². The van der Waals surface area contributed by atoms with Crippen LogP contribution in [0.4, 0.5) is 10.8 Å². The van der Waals surface area contributed by atoms with Gasteiger partial charge in [-0.05, 0) is 47.9 Å². The SMILES string of the molecule is O=c1[nH]c(COc2ccc(Cc3ccccc3)cc2)nc2c(-c3csc(Nc4ccccc4)n3)nccc12. The predicted molar refractivity (Wildman–Crippen MR) is 151 cm³/mol. The first-order valence-corrected chi connectivity index (χ1v) is 13.0. The van der Waals surface area contributed by atoms with Crippen molar-refractivity contribution in [2.45, 2.75) is 13.0 Å². The molecule has 0 saturated heterocycles. The van der Waals surface area contributed by atoms with Crippen molar-refractivity contribution in [3.8, 4) is 17.1 Å². The first-order valence-electron chi connectivity index (χ1n) is 12.1. The molecule has 0 fully saturated rings. The largest absolute Gasteiger partial charge is 0.486 e. The first-order chi connectivity index (χ1) is 18.7. The highest BCUT2D eigenvalue weighted by molar-refractivity contribution is 7.14. The average molecular weight is 518 g/mol. The molecule has 38 heavy (non-hydrogen) atoms. The van der Waals surface area contributed by atoms with Crippen LogP contribution in [0.3, 0.4) is 0 Å². The van der Waals surface area contributed by atoms with Crippen LogP contribution in [0.1, 0.15) is 17.0 Å². The maximum absolute atomic E-state index is 12.8. The second-order valence-electron chi connectivity index (χ2n) is 8.69. The highest BCUT2D eigenvalue weighted by Crippen LogP contribution is 2.29. The van der Waals surface area contributed by atoms with Gasteiger partial charge in [0.1, 0.15) is 35.1 Å². The molecule has 0 saturated carbocycles. The Bertz CT molecular complexity index is 1730. The molecular formula is C30H23N5O2S. The zero-order valence-corrected chi connectivity index (χ0v) is 21.1. The Balaban J connectivity index is 1.21. The van der Waals surface area contributed by atoms with Gasteiger partial charge < -0.3 is 15.0 Å². The van der Waals surface area contributed by atoms with Gasteiger partial charge in [0.25, 0.3) is 5.56 Å². The van der Waals surface area contributed by atoms with E-state index in [0.717, 1.165) is 17.2 Å². The molecule has 0 aliphatic carbocycles. The molecule has 3 aromatic heterocycles. The molecule has 7 nitrogen and oxygen atoms in total. The molecule has 6 aromatic rings. The monoisotopic (exact) mass is 517 g/mol. The lowest BCUT2D eigenvalue weighted by atomic mass is 10.1. The van der Waals surface area contributed by atoms with Gasteiger partial charge in [-0.15, -0.1) is 11.3 Å². The van der Waals surface area contributed by atoms with Crippen LogP contribution in [0.25, 0.3) is 22.3 Å². The standard InChI is InChI=1S/C30H23N5O2S/c36-29-24-15-16-31-28(25-19-38-30(33-25)32-22-9-5-2-6-10-22)27(24)34-26(35-29)18-37-23-13-11-21(12-14-23)17-20-7-3-1-4-8-20/h1-16,19H,17-18H2,(H,32,33)(H,34,35,36). The molecule has 0 aliphatic heterocycles. The number of aromatic amines is 1. The maximum atomic E-state index is 12.8. The molecule has 8 heteroatoms. The maximum Gasteiger partial charge on any atom is 0.258 e. The molecule has 0 amide bonds. The minimum Gasteiger partial charge on any atom is -0.486 e. The molecule has 0 bridgehead atoms. The second-order valence-corrected chi connectivity index (χ2v) is 9.55. The van der Waals surface area contributed by atoms with Crippen molar-refractivity contribution in [2.75, 3.05) is 5.32 Å². The number of anilines is 2. The third kappa shape index (κ3) is 5.30. The number of pyridine rings is 1. The summed E-state index contributed by atoms with van der Waals surface area (Å²) in [5, 5.41) is 6.38. The lowest BCUT2D eigenvalue weighted by Gasteiger charge is -2.09. The highest BCUT2D eigenvalue weighted by Gasteiger charge is 2.14. The smallest absolute Gasteiger partial charge is 0.258 e. The van der Waals surface area contributed by atoms with Crippen molar-refractivity contribution in [3.63, 3.8) is 0 Å². The van der Waals surface area contributed by atoms with Crippen molar-refractivity contribution >= 4 is 33.1 Å². The molecule has 0 atom stereocenters. The van der Waals surface area contributed by atoms with Crippen LogP contribution >= 0.6 is 11.3 Å². The number of ether oxygens (including phenoxy) is 1. The van der Waals surface area contributed by atoms with Gasteiger partial charge in [-0.2, -0.15) is 0 Å². The molecule has 186 valence electrons. The number of thiazole rings is 1. The Morgan fingerprint density at radius 3 is 2.37 bits per heavy atom. The summed E-state index contributed by atoms with van der Waals surface area (Å²) in [5.41, 5.74) is 4.85. The number of nitrogens with zero attached hydrogens (tertiary/aromatic N) is 3. The lowest BCUT2D eigenvalue weighted by Crippen LogP contribution is -2.14. The van der Waals surface area contributed by atoms with E-state index in [1.165, 1.54) is 22.5 Å². The molecule has 2 N–H and O–H groups in total. The fourth-order valence-corrected chi connectivity index (χ4v) is 4.85. The minimum absolute atomic E-state index is 0.120. The van der Waals surface area contributed by atoms with Gasteiger partial charge >= 0.3 is 0 Å². The van der Waals surface area contributed by atoms with E-state index in [2.05, 4.69) is 32.4 Å². The zero-order valence-electron chi connectivity index (χ0n) is 20.3. The van der Waals surface area contributed by atoms with Gasteiger partial charge in [-0.3, -0.25) is 9.78 Å². The normalized spacial score (nSPS) is 10.9. The van der Waals surface area contributed by atoms with Gasteiger partial charge in [-0.25, -0.2) is 9.97 Å². The van der Waals surface area contributed by atoms with Crippen LogP contribution < -0.4 is 15.6 Å². The molecule has 0 spiro atoms. The molecular weight excluding hydrogens is 494 g/mol. The summed E-state index contributed by atoms with van der Waals surface area (Å²) in [6.45, 7) is 0.120. The van der Waals surface area contributed by atoms with E-state index in [-0.39, 0.29) is 12.2 Å². The van der Waals surface area contributed by atoms with E-state index in [9.17, 15) is 4.79 Å². The number of rotatable bonds is 8. The summed E-state index contributed by atoms with van der Waals surface area (Å²) in [6.07, 6.45) is 2.46. The molecule has 0 unspecified atom stereocenters. The third-order valence-corrected chi connectivity index (χ3v) is 6.75. The number of fused-ring (bicyclic) bond motifs is 1. The number of hydrogen-bond acceptors (Lipinski definition) is 7. The van der Waals surface area contributed by atoms with Crippen molar-refractivity contribution in [2.24, 2.45) is 0 Å². The number of H-pyrrole nitrogens is 1. The Hall–Kier alpha value is -4.82. The van der Waals surface area contributed by atoms with E-state index in [4.69, 9.17) is 9.72 Å². The fourth-order valence-electron chi connectivity index (χ4n) is 4.14. The number of benzene rings is 3. The quantitative estimate of drug-likeness (QED) is 0.244. The Morgan fingerprint density at radius 2 is 1.58 bits per heavy atom.